The lowest BCUT2D eigenvalue weighted by Crippen LogP contribution is -2.53. The third kappa shape index (κ3) is 5.25. The molecule has 1 fully saturated rings. The third-order valence-electron chi connectivity index (χ3n) is 4.29. The largest absolute Gasteiger partial charge is 0.493 e. The molecule has 0 spiro atoms. The van der Waals surface area contributed by atoms with Gasteiger partial charge in [-0.3, -0.25) is 4.79 Å². The zero-order valence-corrected chi connectivity index (χ0v) is 14.7. The highest BCUT2D eigenvalue weighted by molar-refractivity contribution is 5.85. The summed E-state index contributed by atoms with van der Waals surface area (Å²) in [6, 6.07) is 4.51. The van der Waals surface area contributed by atoms with Crippen molar-refractivity contribution in [2.45, 2.75) is 31.2 Å². The quantitative estimate of drug-likeness (QED) is 0.762. The molecule has 1 aromatic rings. The van der Waals surface area contributed by atoms with Crippen molar-refractivity contribution in [3.8, 4) is 11.5 Å². The second kappa shape index (κ2) is 8.59. The summed E-state index contributed by atoms with van der Waals surface area (Å²) in [5.74, 6) is -0.0474. The Hall–Kier alpha value is -2.00. The molecule has 1 aliphatic rings. The molecule has 2 N–H and O–H groups in total. The van der Waals surface area contributed by atoms with Gasteiger partial charge in [-0.2, -0.15) is 13.2 Å². The van der Waals surface area contributed by atoms with Gasteiger partial charge in [0.1, 0.15) is 5.60 Å². The number of carbonyl (C=O) groups excluding carboxylic acids is 1. The van der Waals surface area contributed by atoms with Crippen LogP contribution in [0.15, 0.2) is 18.2 Å². The van der Waals surface area contributed by atoms with E-state index >= 15 is 0 Å². The van der Waals surface area contributed by atoms with E-state index in [1.54, 1.807) is 6.07 Å². The van der Waals surface area contributed by atoms with Crippen molar-refractivity contribution in [3.63, 3.8) is 0 Å². The van der Waals surface area contributed by atoms with Gasteiger partial charge in [0.2, 0.25) is 0 Å². The number of amides is 1. The van der Waals surface area contributed by atoms with Gasteiger partial charge in [-0.05, 0) is 43.6 Å². The van der Waals surface area contributed by atoms with Crippen LogP contribution < -0.4 is 20.1 Å². The first-order valence-corrected chi connectivity index (χ1v) is 8.20. The van der Waals surface area contributed by atoms with Crippen molar-refractivity contribution in [1.29, 1.82) is 0 Å². The van der Waals surface area contributed by atoms with Crippen LogP contribution in [0.5, 0.6) is 11.5 Å². The van der Waals surface area contributed by atoms with Crippen molar-refractivity contribution in [2.24, 2.45) is 0 Å². The van der Waals surface area contributed by atoms with Crippen molar-refractivity contribution >= 4 is 5.91 Å². The summed E-state index contributed by atoms with van der Waals surface area (Å²) in [5, 5.41) is 6.00. The molecule has 26 heavy (non-hydrogen) atoms. The van der Waals surface area contributed by atoms with Crippen LogP contribution in [0.4, 0.5) is 13.2 Å². The third-order valence-corrected chi connectivity index (χ3v) is 4.29. The highest BCUT2D eigenvalue weighted by Crippen LogP contribution is 2.30. The van der Waals surface area contributed by atoms with Crippen LogP contribution in [0, 0.1) is 0 Å². The molecular weight excluding hydrogens is 353 g/mol. The number of benzene rings is 1. The molecule has 2 rings (SSSR count). The number of piperidine rings is 1. The fourth-order valence-electron chi connectivity index (χ4n) is 2.80. The Morgan fingerprint density at radius 2 is 1.92 bits per heavy atom. The van der Waals surface area contributed by atoms with E-state index < -0.39 is 18.4 Å². The van der Waals surface area contributed by atoms with Gasteiger partial charge < -0.3 is 24.8 Å². The lowest BCUT2D eigenvalue weighted by atomic mass is 9.91. The Kier molecular flexibility index (Phi) is 6.71. The maximum atomic E-state index is 12.5. The van der Waals surface area contributed by atoms with E-state index in [1.165, 1.54) is 26.4 Å². The molecule has 0 atom stereocenters. The smallest absolute Gasteiger partial charge is 0.422 e. The Morgan fingerprint density at radius 3 is 2.50 bits per heavy atom. The van der Waals surface area contributed by atoms with E-state index in [0.717, 1.165) is 0 Å². The van der Waals surface area contributed by atoms with E-state index in [0.29, 0.717) is 31.5 Å². The Labute approximate surface area is 150 Å². The van der Waals surface area contributed by atoms with Crippen molar-refractivity contribution in [1.82, 2.24) is 10.6 Å². The first kappa shape index (κ1) is 20.3. The fraction of sp³-hybridized carbons (Fsp3) is 0.588. The predicted molar refractivity (Wildman–Crippen MR) is 88.2 cm³/mol. The number of hydrogen-bond donors (Lipinski definition) is 2. The van der Waals surface area contributed by atoms with Crippen LogP contribution in [-0.4, -0.2) is 51.6 Å². The van der Waals surface area contributed by atoms with E-state index in [2.05, 4.69) is 10.6 Å². The van der Waals surface area contributed by atoms with Crippen LogP contribution in [0.25, 0.3) is 0 Å². The number of hydrogen-bond acceptors (Lipinski definition) is 5. The van der Waals surface area contributed by atoms with Gasteiger partial charge in [0, 0.05) is 13.7 Å². The highest BCUT2D eigenvalue weighted by Gasteiger charge is 2.39. The average molecular weight is 376 g/mol. The maximum absolute atomic E-state index is 12.5. The van der Waals surface area contributed by atoms with Gasteiger partial charge in [0.15, 0.2) is 18.1 Å². The van der Waals surface area contributed by atoms with Crippen LogP contribution >= 0.6 is 0 Å². The Morgan fingerprint density at radius 1 is 1.23 bits per heavy atom. The van der Waals surface area contributed by atoms with Crippen LogP contribution in [0.1, 0.15) is 18.4 Å². The van der Waals surface area contributed by atoms with Crippen molar-refractivity contribution in [3.05, 3.63) is 23.8 Å². The highest BCUT2D eigenvalue weighted by atomic mass is 19.4. The topological polar surface area (TPSA) is 68.8 Å². The summed E-state index contributed by atoms with van der Waals surface area (Å²) in [6.07, 6.45) is -3.28. The number of methoxy groups -OCH3 is 2. The van der Waals surface area contributed by atoms with Gasteiger partial charge in [0.05, 0.1) is 7.11 Å². The second-order valence-electron chi connectivity index (χ2n) is 6.02. The van der Waals surface area contributed by atoms with Crippen LogP contribution in [0.2, 0.25) is 0 Å². The van der Waals surface area contributed by atoms with E-state index in [9.17, 15) is 18.0 Å². The summed E-state index contributed by atoms with van der Waals surface area (Å²) in [4.78, 5) is 12.5. The number of alkyl halides is 3. The van der Waals surface area contributed by atoms with Gasteiger partial charge in [-0.1, -0.05) is 6.07 Å². The lowest BCUT2D eigenvalue weighted by Gasteiger charge is -2.34. The molecule has 146 valence electrons. The minimum absolute atomic E-state index is 0.00776. The summed E-state index contributed by atoms with van der Waals surface area (Å²) in [6.45, 7) is 0.192. The molecule has 1 saturated heterocycles. The van der Waals surface area contributed by atoms with E-state index in [1.807, 2.05) is 0 Å². The van der Waals surface area contributed by atoms with Gasteiger partial charge in [-0.25, -0.2) is 0 Å². The number of carbonyl (C=O) groups is 1. The fourth-order valence-corrected chi connectivity index (χ4v) is 2.80. The molecule has 0 aliphatic carbocycles. The van der Waals surface area contributed by atoms with Crippen LogP contribution in [-0.2, 0) is 16.1 Å². The van der Waals surface area contributed by atoms with Crippen molar-refractivity contribution < 1.29 is 32.2 Å². The standard InChI is InChI=1S/C17H23F3N2O4/c1-24-14-9-12(3-4-13(14)26-11-17(18,19)20)10-22-15(23)16(25-2)5-7-21-8-6-16/h3-4,9,21H,5-8,10-11H2,1-2H3,(H,22,23). The van der Waals surface area contributed by atoms with Gasteiger partial charge in [-0.15, -0.1) is 0 Å². The summed E-state index contributed by atoms with van der Waals surface area (Å²) in [5.41, 5.74) is -0.180. The summed E-state index contributed by atoms with van der Waals surface area (Å²) >= 11 is 0. The minimum atomic E-state index is -4.43. The SMILES string of the molecule is COc1cc(CNC(=O)C2(OC)CCNCC2)ccc1OCC(F)(F)F. The summed E-state index contributed by atoms with van der Waals surface area (Å²) in [7, 11) is 2.85. The summed E-state index contributed by atoms with van der Waals surface area (Å²) < 4.78 is 52.1. The van der Waals surface area contributed by atoms with Gasteiger partial charge in [0.25, 0.3) is 5.91 Å². The monoisotopic (exact) mass is 376 g/mol. The Balaban J connectivity index is 2.00. The zero-order chi connectivity index (χ0) is 19.2. The number of nitrogens with one attached hydrogen (secondary N) is 2. The first-order chi connectivity index (χ1) is 12.3. The number of rotatable bonds is 7. The molecule has 6 nitrogen and oxygen atoms in total. The second-order valence-corrected chi connectivity index (χ2v) is 6.02. The normalized spacial score (nSPS) is 16.8. The minimum Gasteiger partial charge on any atom is -0.493 e. The van der Waals surface area contributed by atoms with Crippen LogP contribution in [0.3, 0.4) is 0 Å². The van der Waals surface area contributed by atoms with Crippen molar-refractivity contribution in [2.75, 3.05) is 33.9 Å². The molecular formula is C17H23F3N2O4. The number of ether oxygens (including phenoxy) is 3. The maximum Gasteiger partial charge on any atom is 0.422 e. The molecule has 0 saturated carbocycles. The molecule has 1 aliphatic heterocycles. The lowest BCUT2D eigenvalue weighted by molar-refractivity contribution is -0.153. The molecule has 0 unspecified atom stereocenters. The average Bonchev–Trinajstić information content (AvgIpc) is 2.64. The molecule has 1 aromatic carbocycles. The van der Waals surface area contributed by atoms with E-state index in [4.69, 9.17) is 14.2 Å². The molecule has 1 heterocycles. The molecule has 0 bridgehead atoms. The first-order valence-electron chi connectivity index (χ1n) is 8.20. The Bertz CT molecular complexity index is 617. The number of halogens is 3. The predicted octanol–water partition coefficient (Wildman–Crippen LogP) is 2.02. The zero-order valence-electron chi connectivity index (χ0n) is 14.7. The molecule has 9 heteroatoms. The molecule has 1 amide bonds. The molecule has 0 aromatic heterocycles. The van der Waals surface area contributed by atoms with Gasteiger partial charge >= 0.3 is 6.18 Å². The van der Waals surface area contributed by atoms with E-state index in [-0.39, 0.29) is 24.0 Å². The molecule has 0 radical (unpaired) electrons.